The molecule has 0 bridgehead atoms. The highest BCUT2D eigenvalue weighted by atomic mass is 79.9. The molecule has 0 aromatic heterocycles. The molecule has 0 aliphatic rings. The number of benzene rings is 2. The topological polar surface area (TPSA) is 49.5 Å². The minimum Gasteiger partial charge on any atom is -0.508 e. The van der Waals surface area contributed by atoms with Gasteiger partial charge < -0.3 is 15.7 Å². The molecule has 2 aromatic rings. The van der Waals surface area contributed by atoms with E-state index in [1.54, 1.807) is 12.1 Å². The first kappa shape index (κ1) is 12.8. The second kappa shape index (κ2) is 5.31. The van der Waals surface area contributed by atoms with Gasteiger partial charge in [-0.15, -0.1) is 0 Å². The van der Waals surface area contributed by atoms with Crippen LogP contribution in [-0.2, 0) is 6.54 Å². The Hall–Kier alpha value is -1.68. The first-order valence-electron chi connectivity index (χ1n) is 5.60. The van der Waals surface area contributed by atoms with Gasteiger partial charge in [-0.2, -0.15) is 0 Å². The number of rotatable bonds is 3. The average Bonchev–Trinajstić information content (AvgIpc) is 2.34. The van der Waals surface area contributed by atoms with E-state index in [0.717, 1.165) is 28.0 Å². The standard InChI is InChI=1S/C14H15BrN2O/c1-17(11-3-2-4-12(18)8-11)9-10-5-6-13(15)14(16)7-10/h2-8,18H,9,16H2,1H3. The predicted molar refractivity (Wildman–Crippen MR) is 78.8 cm³/mol. The minimum atomic E-state index is 0.273. The maximum Gasteiger partial charge on any atom is 0.117 e. The Bertz CT molecular complexity index is 557. The second-order valence-electron chi connectivity index (χ2n) is 4.23. The molecule has 0 aliphatic carbocycles. The Labute approximate surface area is 115 Å². The van der Waals surface area contributed by atoms with Crippen molar-refractivity contribution in [3.8, 4) is 5.75 Å². The van der Waals surface area contributed by atoms with E-state index in [2.05, 4.69) is 20.8 Å². The van der Waals surface area contributed by atoms with Crippen LogP contribution >= 0.6 is 15.9 Å². The van der Waals surface area contributed by atoms with E-state index in [4.69, 9.17) is 5.73 Å². The zero-order chi connectivity index (χ0) is 13.1. The Morgan fingerprint density at radius 3 is 2.67 bits per heavy atom. The zero-order valence-electron chi connectivity index (χ0n) is 10.1. The number of nitrogens with zero attached hydrogens (tertiary/aromatic N) is 1. The summed E-state index contributed by atoms with van der Waals surface area (Å²) >= 11 is 3.38. The molecule has 0 amide bonds. The van der Waals surface area contributed by atoms with E-state index < -0.39 is 0 Å². The molecule has 0 saturated carbocycles. The van der Waals surface area contributed by atoms with Gasteiger partial charge in [0.1, 0.15) is 5.75 Å². The van der Waals surface area contributed by atoms with Crippen LogP contribution in [0.3, 0.4) is 0 Å². The summed E-state index contributed by atoms with van der Waals surface area (Å²) in [5.74, 6) is 0.273. The fourth-order valence-electron chi connectivity index (χ4n) is 1.79. The maximum atomic E-state index is 9.46. The smallest absolute Gasteiger partial charge is 0.117 e. The van der Waals surface area contributed by atoms with Gasteiger partial charge in [0.15, 0.2) is 0 Å². The molecule has 18 heavy (non-hydrogen) atoms. The van der Waals surface area contributed by atoms with Gasteiger partial charge in [0, 0.05) is 35.5 Å². The van der Waals surface area contributed by atoms with Gasteiger partial charge in [-0.05, 0) is 45.8 Å². The Morgan fingerprint density at radius 2 is 2.00 bits per heavy atom. The number of halogens is 1. The van der Waals surface area contributed by atoms with Crippen molar-refractivity contribution in [3.05, 3.63) is 52.5 Å². The number of aromatic hydroxyl groups is 1. The number of hydrogen-bond acceptors (Lipinski definition) is 3. The van der Waals surface area contributed by atoms with E-state index in [-0.39, 0.29) is 5.75 Å². The van der Waals surface area contributed by atoms with Crippen molar-refractivity contribution < 1.29 is 5.11 Å². The highest BCUT2D eigenvalue weighted by Crippen LogP contribution is 2.23. The highest BCUT2D eigenvalue weighted by Gasteiger charge is 2.04. The van der Waals surface area contributed by atoms with E-state index in [1.165, 1.54) is 0 Å². The SMILES string of the molecule is CN(Cc1ccc(Br)c(N)c1)c1cccc(O)c1. The van der Waals surface area contributed by atoms with Crippen molar-refractivity contribution in [2.45, 2.75) is 6.54 Å². The molecule has 0 atom stereocenters. The third-order valence-corrected chi connectivity index (χ3v) is 3.47. The summed E-state index contributed by atoms with van der Waals surface area (Å²) in [6.07, 6.45) is 0. The average molecular weight is 307 g/mol. The van der Waals surface area contributed by atoms with Crippen LogP contribution in [0.1, 0.15) is 5.56 Å². The summed E-state index contributed by atoms with van der Waals surface area (Å²) < 4.78 is 0.909. The first-order valence-corrected chi connectivity index (χ1v) is 6.39. The molecule has 3 N–H and O–H groups in total. The molecule has 0 spiro atoms. The van der Waals surface area contributed by atoms with Crippen molar-refractivity contribution in [2.75, 3.05) is 17.7 Å². The van der Waals surface area contributed by atoms with Crippen molar-refractivity contribution in [2.24, 2.45) is 0 Å². The van der Waals surface area contributed by atoms with Crippen LogP contribution in [0.5, 0.6) is 5.75 Å². The van der Waals surface area contributed by atoms with Crippen LogP contribution < -0.4 is 10.6 Å². The van der Waals surface area contributed by atoms with Crippen LogP contribution in [0.15, 0.2) is 46.9 Å². The summed E-state index contributed by atoms with van der Waals surface area (Å²) in [7, 11) is 1.98. The number of phenolic OH excluding ortho intramolecular Hbond substituents is 1. The Morgan fingerprint density at radius 1 is 1.22 bits per heavy atom. The third-order valence-electron chi connectivity index (χ3n) is 2.75. The highest BCUT2D eigenvalue weighted by molar-refractivity contribution is 9.10. The summed E-state index contributed by atoms with van der Waals surface area (Å²) in [5, 5.41) is 9.46. The van der Waals surface area contributed by atoms with E-state index in [9.17, 15) is 5.11 Å². The molecule has 0 heterocycles. The second-order valence-corrected chi connectivity index (χ2v) is 5.09. The fraction of sp³-hybridized carbons (Fsp3) is 0.143. The molecular weight excluding hydrogens is 292 g/mol. The molecule has 4 heteroatoms. The van der Waals surface area contributed by atoms with Gasteiger partial charge in [0.2, 0.25) is 0 Å². The van der Waals surface area contributed by atoms with Gasteiger partial charge in [-0.25, -0.2) is 0 Å². The van der Waals surface area contributed by atoms with Crippen molar-refractivity contribution >= 4 is 27.3 Å². The molecule has 3 nitrogen and oxygen atoms in total. The molecular formula is C14H15BrN2O. The van der Waals surface area contributed by atoms with Crippen LogP contribution in [0.4, 0.5) is 11.4 Å². The number of nitrogen functional groups attached to an aromatic ring is 1. The number of phenols is 1. The fourth-order valence-corrected chi connectivity index (χ4v) is 2.03. The van der Waals surface area contributed by atoms with Crippen molar-refractivity contribution in [1.29, 1.82) is 0 Å². The molecule has 0 fully saturated rings. The summed E-state index contributed by atoms with van der Waals surface area (Å²) in [6, 6.07) is 13.1. The molecule has 0 saturated heterocycles. The number of anilines is 2. The van der Waals surface area contributed by atoms with E-state index in [1.807, 2.05) is 37.4 Å². The molecule has 0 radical (unpaired) electrons. The van der Waals surface area contributed by atoms with Gasteiger partial charge in [-0.1, -0.05) is 12.1 Å². The summed E-state index contributed by atoms with van der Waals surface area (Å²) in [4.78, 5) is 2.06. The van der Waals surface area contributed by atoms with Gasteiger partial charge in [0.05, 0.1) is 0 Å². The van der Waals surface area contributed by atoms with Crippen LogP contribution in [0, 0.1) is 0 Å². The lowest BCUT2D eigenvalue weighted by molar-refractivity contribution is 0.475. The van der Waals surface area contributed by atoms with Crippen molar-refractivity contribution in [3.63, 3.8) is 0 Å². The Kier molecular flexibility index (Phi) is 3.77. The molecule has 94 valence electrons. The quantitative estimate of drug-likeness (QED) is 0.855. The number of hydrogen-bond donors (Lipinski definition) is 2. The lowest BCUT2D eigenvalue weighted by atomic mass is 10.2. The van der Waals surface area contributed by atoms with Gasteiger partial charge in [-0.3, -0.25) is 0 Å². The monoisotopic (exact) mass is 306 g/mol. The normalized spacial score (nSPS) is 10.3. The largest absolute Gasteiger partial charge is 0.508 e. The lowest BCUT2D eigenvalue weighted by Gasteiger charge is -2.20. The summed E-state index contributed by atoms with van der Waals surface area (Å²) in [6.45, 7) is 0.737. The third kappa shape index (κ3) is 2.96. The maximum absolute atomic E-state index is 9.46. The molecule has 2 aromatic carbocycles. The van der Waals surface area contributed by atoms with Crippen LogP contribution in [-0.4, -0.2) is 12.2 Å². The minimum absolute atomic E-state index is 0.273. The van der Waals surface area contributed by atoms with Crippen molar-refractivity contribution in [1.82, 2.24) is 0 Å². The van der Waals surface area contributed by atoms with Crippen LogP contribution in [0.25, 0.3) is 0 Å². The summed E-state index contributed by atoms with van der Waals surface area (Å²) in [5.41, 5.74) is 8.68. The van der Waals surface area contributed by atoms with E-state index >= 15 is 0 Å². The lowest BCUT2D eigenvalue weighted by Crippen LogP contribution is -2.16. The van der Waals surface area contributed by atoms with Gasteiger partial charge in [0.25, 0.3) is 0 Å². The predicted octanol–water partition coefficient (Wildman–Crippen LogP) is 3.37. The van der Waals surface area contributed by atoms with E-state index in [0.29, 0.717) is 0 Å². The zero-order valence-corrected chi connectivity index (χ0v) is 11.7. The first-order chi connectivity index (χ1) is 8.56. The van der Waals surface area contributed by atoms with Gasteiger partial charge >= 0.3 is 0 Å². The Balaban J connectivity index is 2.16. The molecule has 0 aliphatic heterocycles. The number of nitrogens with two attached hydrogens (primary N) is 1. The van der Waals surface area contributed by atoms with Crippen LogP contribution in [0.2, 0.25) is 0 Å². The molecule has 2 rings (SSSR count). The molecule has 0 unspecified atom stereocenters.